The van der Waals surface area contributed by atoms with E-state index in [-0.39, 0.29) is 18.4 Å². The van der Waals surface area contributed by atoms with Gasteiger partial charge in [0.25, 0.3) is 0 Å². The lowest BCUT2D eigenvalue weighted by Crippen LogP contribution is -2.35. The maximum Gasteiger partial charge on any atom is 0.227 e. The van der Waals surface area contributed by atoms with E-state index in [0.717, 1.165) is 31.7 Å². The molecule has 1 saturated heterocycles. The molecular formula is C20H25N3O3. The molecule has 138 valence electrons. The van der Waals surface area contributed by atoms with Crippen molar-refractivity contribution in [2.24, 2.45) is 0 Å². The SMILES string of the molecule is CN1CCC(Oc2ccc(NC(=O)CCOc3ccccc3)cn2)CC1. The quantitative estimate of drug-likeness (QED) is 0.827. The lowest BCUT2D eigenvalue weighted by atomic mass is 10.1. The summed E-state index contributed by atoms with van der Waals surface area (Å²) in [6.45, 7) is 2.42. The van der Waals surface area contributed by atoms with E-state index in [1.165, 1.54) is 0 Å². The fourth-order valence-corrected chi connectivity index (χ4v) is 2.80. The molecule has 1 aromatic carbocycles. The third-order valence-corrected chi connectivity index (χ3v) is 4.31. The summed E-state index contributed by atoms with van der Waals surface area (Å²) >= 11 is 0. The predicted octanol–water partition coefficient (Wildman–Crippen LogP) is 2.96. The molecule has 1 aliphatic heterocycles. The van der Waals surface area contributed by atoms with E-state index in [9.17, 15) is 4.79 Å². The average Bonchev–Trinajstić information content (AvgIpc) is 2.66. The minimum Gasteiger partial charge on any atom is -0.493 e. The van der Waals surface area contributed by atoms with Crippen molar-refractivity contribution in [2.75, 3.05) is 32.1 Å². The molecule has 2 heterocycles. The summed E-state index contributed by atoms with van der Waals surface area (Å²) < 4.78 is 11.4. The standard InChI is InChI=1S/C20H25N3O3/c1-23-12-9-18(10-13-23)26-20-8-7-16(15-21-20)22-19(24)11-14-25-17-5-3-2-4-6-17/h2-8,15,18H,9-14H2,1H3,(H,22,24). The first kappa shape index (κ1) is 18.2. The van der Waals surface area contributed by atoms with Crippen LogP contribution in [0.25, 0.3) is 0 Å². The maximum absolute atomic E-state index is 12.0. The molecule has 6 nitrogen and oxygen atoms in total. The molecule has 0 atom stereocenters. The van der Waals surface area contributed by atoms with Crippen LogP contribution < -0.4 is 14.8 Å². The van der Waals surface area contributed by atoms with Crippen LogP contribution in [-0.2, 0) is 4.79 Å². The molecule has 0 radical (unpaired) electrons. The fourth-order valence-electron chi connectivity index (χ4n) is 2.80. The van der Waals surface area contributed by atoms with Crippen LogP contribution in [0.2, 0.25) is 0 Å². The average molecular weight is 355 g/mol. The number of carbonyl (C=O) groups excluding carboxylic acids is 1. The van der Waals surface area contributed by atoms with Gasteiger partial charge in [-0.1, -0.05) is 18.2 Å². The monoisotopic (exact) mass is 355 g/mol. The molecule has 0 saturated carbocycles. The number of rotatable bonds is 7. The summed E-state index contributed by atoms with van der Waals surface area (Å²) in [7, 11) is 2.12. The minimum atomic E-state index is -0.105. The van der Waals surface area contributed by atoms with Crippen LogP contribution in [0.3, 0.4) is 0 Å². The van der Waals surface area contributed by atoms with Gasteiger partial charge in [0.05, 0.1) is 24.9 Å². The number of para-hydroxylation sites is 1. The van der Waals surface area contributed by atoms with Gasteiger partial charge in [0.15, 0.2) is 0 Å². The third-order valence-electron chi connectivity index (χ3n) is 4.31. The van der Waals surface area contributed by atoms with Crippen LogP contribution in [0.15, 0.2) is 48.7 Å². The number of anilines is 1. The molecule has 0 unspecified atom stereocenters. The van der Waals surface area contributed by atoms with Gasteiger partial charge in [-0.2, -0.15) is 0 Å². The van der Waals surface area contributed by atoms with Crippen molar-refractivity contribution in [2.45, 2.75) is 25.4 Å². The largest absolute Gasteiger partial charge is 0.493 e. The number of nitrogens with one attached hydrogen (secondary N) is 1. The Morgan fingerprint density at radius 2 is 1.96 bits per heavy atom. The number of amides is 1. The zero-order chi connectivity index (χ0) is 18.2. The molecule has 3 rings (SSSR count). The Kier molecular flexibility index (Phi) is 6.44. The van der Waals surface area contributed by atoms with Gasteiger partial charge >= 0.3 is 0 Å². The summed E-state index contributed by atoms with van der Waals surface area (Å²) in [6.07, 6.45) is 4.15. The van der Waals surface area contributed by atoms with Crippen molar-refractivity contribution >= 4 is 11.6 Å². The van der Waals surface area contributed by atoms with Crippen molar-refractivity contribution in [3.05, 3.63) is 48.7 Å². The highest BCUT2D eigenvalue weighted by molar-refractivity contribution is 5.90. The topological polar surface area (TPSA) is 63.7 Å². The van der Waals surface area contributed by atoms with Gasteiger partial charge in [0.2, 0.25) is 11.8 Å². The molecular weight excluding hydrogens is 330 g/mol. The number of hydrogen-bond acceptors (Lipinski definition) is 5. The van der Waals surface area contributed by atoms with Crippen LogP contribution in [-0.4, -0.2) is 48.6 Å². The van der Waals surface area contributed by atoms with Crippen LogP contribution in [0, 0.1) is 0 Å². The van der Waals surface area contributed by atoms with Gasteiger partial charge < -0.3 is 19.7 Å². The van der Waals surface area contributed by atoms with Crippen molar-refractivity contribution in [1.82, 2.24) is 9.88 Å². The van der Waals surface area contributed by atoms with E-state index in [2.05, 4.69) is 22.2 Å². The van der Waals surface area contributed by atoms with Crippen molar-refractivity contribution in [3.8, 4) is 11.6 Å². The number of ether oxygens (including phenoxy) is 2. The lowest BCUT2D eigenvalue weighted by Gasteiger charge is -2.28. The molecule has 0 bridgehead atoms. The molecule has 1 amide bonds. The number of piperidine rings is 1. The Morgan fingerprint density at radius 3 is 2.65 bits per heavy atom. The van der Waals surface area contributed by atoms with E-state index >= 15 is 0 Å². The molecule has 0 aliphatic carbocycles. The zero-order valence-electron chi connectivity index (χ0n) is 15.1. The van der Waals surface area contributed by atoms with E-state index in [4.69, 9.17) is 9.47 Å². The second-order valence-corrected chi connectivity index (χ2v) is 6.47. The number of nitrogens with zero attached hydrogens (tertiary/aromatic N) is 2. The molecule has 2 aromatic rings. The minimum absolute atomic E-state index is 0.105. The third kappa shape index (κ3) is 5.74. The van der Waals surface area contributed by atoms with Crippen LogP contribution in [0.5, 0.6) is 11.6 Å². The number of pyridine rings is 1. The predicted molar refractivity (Wildman–Crippen MR) is 101 cm³/mol. The molecule has 1 fully saturated rings. The van der Waals surface area contributed by atoms with Gasteiger partial charge in [-0.25, -0.2) is 4.98 Å². The second-order valence-electron chi connectivity index (χ2n) is 6.47. The highest BCUT2D eigenvalue weighted by Crippen LogP contribution is 2.18. The first-order valence-corrected chi connectivity index (χ1v) is 8.98. The first-order valence-electron chi connectivity index (χ1n) is 8.98. The molecule has 6 heteroatoms. The Morgan fingerprint density at radius 1 is 1.19 bits per heavy atom. The van der Waals surface area contributed by atoms with E-state index in [0.29, 0.717) is 18.2 Å². The van der Waals surface area contributed by atoms with Gasteiger partial charge in [-0.15, -0.1) is 0 Å². The first-order chi connectivity index (χ1) is 12.7. The highest BCUT2D eigenvalue weighted by atomic mass is 16.5. The van der Waals surface area contributed by atoms with Crippen molar-refractivity contribution in [1.29, 1.82) is 0 Å². The molecule has 1 N–H and O–H groups in total. The molecule has 0 spiro atoms. The summed E-state index contributed by atoms with van der Waals surface area (Å²) in [5.74, 6) is 1.26. The highest BCUT2D eigenvalue weighted by Gasteiger charge is 2.18. The summed E-state index contributed by atoms with van der Waals surface area (Å²) in [4.78, 5) is 18.6. The lowest BCUT2D eigenvalue weighted by molar-refractivity contribution is -0.116. The Hall–Kier alpha value is -2.60. The van der Waals surface area contributed by atoms with Gasteiger partial charge in [0, 0.05) is 19.2 Å². The molecule has 26 heavy (non-hydrogen) atoms. The van der Waals surface area contributed by atoms with Crippen LogP contribution >= 0.6 is 0 Å². The molecule has 1 aromatic heterocycles. The molecule has 1 aliphatic rings. The summed E-state index contributed by atoms with van der Waals surface area (Å²) in [5.41, 5.74) is 0.658. The van der Waals surface area contributed by atoms with E-state index in [1.807, 2.05) is 36.4 Å². The van der Waals surface area contributed by atoms with E-state index in [1.54, 1.807) is 12.3 Å². The smallest absolute Gasteiger partial charge is 0.227 e. The Balaban J connectivity index is 1.40. The maximum atomic E-state index is 12.0. The van der Waals surface area contributed by atoms with E-state index < -0.39 is 0 Å². The Labute approximate surface area is 154 Å². The summed E-state index contributed by atoms with van der Waals surface area (Å²) in [5, 5.41) is 2.82. The summed E-state index contributed by atoms with van der Waals surface area (Å²) in [6, 6.07) is 13.1. The van der Waals surface area contributed by atoms with Crippen LogP contribution in [0.1, 0.15) is 19.3 Å². The number of benzene rings is 1. The number of carbonyl (C=O) groups is 1. The zero-order valence-corrected chi connectivity index (χ0v) is 15.1. The number of hydrogen-bond donors (Lipinski definition) is 1. The van der Waals surface area contributed by atoms with Crippen molar-refractivity contribution in [3.63, 3.8) is 0 Å². The van der Waals surface area contributed by atoms with Crippen molar-refractivity contribution < 1.29 is 14.3 Å². The number of aromatic nitrogens is 1. The normalized spacial score (nSPS) is 15.4. The Bertz CT molecular complexity index is 683. The van der Waals surface area contributed by atoms with Gasteiger partial charge in [-0.3, -0.25) is 4.79 Å². The second kappa shape index (κ2) is 9.20. The van der Waals surface area contributed by atoms with Gasteiger partial charge in [0.1, 0.15) is 11.9 Å². The van der Waals surface area contributed by atoms with Gasteiger partial charge in [-0.05, 0) is 38.1 Å². The number of likely N-dealkylation sites (tertiary alicyclic amines) is 1. The van der Waals surface area contributed by atoms with Crippen LogP contribution in [0.4, 0.5) is 5.69 Å². The fraction of sp³-hybridized carbons (Fsp3) is 0.400.